The normalized spacial score (nSPS) is 11.7. The van der Waals surface area contributed by atoms with Gasteiger partial charge in [-0.3, -0.25) is 0 Å². The highest BCUT2D eigenvalue weighted by molar-refractivity contribution is 7.26. The molecule has 0 bridgehead atoms. The summed E-state index contributed by atoms with van der Waals surface area (Å²) in [5, 5.41) is 6.08. The molecule has 4 heterocycles. The summed E-state index contributed by atoms with van der Waals surface area (Å²) >= 11 is 5.40. The Labute approximate surface area is 351 Å². The molecular formula is C52H30N4S3. The maximum absolute atomic E-state index is 5.09. The Morgan fingerprint density at radius 2 is 0.881 bits per heavy atom. The van der Waals surface area contributed by atoms with Crippen molar-refractivity contribution in [2.24, 2.45) is 0 Å². The van der Waals surface area contributed by atoms with E-state index in [9.17, 15) is 0 Å². The van der Waals surface area contributed by atoms with Crippen LogP contribution < -0.4 is 0 Å². The zero-order valence-electron chi connectivity index (χ0n) is 31.3. The lowest BCUT2D eigenvalue weighted by atomic mass is 10.0. The molecule has 276 valence electrons. The Morgan fingerprint density at radius 1 is 0.288 bits per heavy atom. The van der Waals surface area contributed by atoms with Crippen LogP contribution in [0.1, 0.15) is 0 Å². The fourth-order valence-corrected chi connectivity index (χ4v) is 11.4. The van der Waals surface area contributed by atoms with Crippen LogP contribution >= 0.6 is 34.0 Å². The van der Waals surface area contributed by atoms with Gasteiger partial charge in [-0.25, -0.2) is 19.9 Å². The van der Waals surface area contributed by atoms with Gasteiger partial charge in [0.25, 0.3) is 0 Å². The van der Waals surface area contributed by atoms with E-state index in [0.29, 0.717) is 17.5 Å². The fourth-order valence-electron chi connectivity index (χ4n) is 8.03. The fraction of sp³-hybridized carbons (Fsp3) is 0. The molecule has 0 radical (unpaired) electrons. The zero-order valence-corrected chi connectivity index (χ0v) is 33.8. The van der Waals surface area contributed by atoms with Crippen LogP contribution in [0, 0.1) is 0 Å². The molecule has 4 nitrogen and oxygen atoms in total. The van der Waals surface area contributed by atoms with Crippen LogP contribution in [-0.4, -0.2) is 19.9 Å². The number of hydrogen-bond donors (Lipinski definition) is 0. The van der Waals surface area contributed by atoms with Crippen LogP contribution in [0.3, 0.4) is 0 Å². The number of benzene rings is 8. The van der Waals surface area contributed by atoms with Crippen molar-refractivity contribution in [1.29, 1.82) is 0 Å². The summed E-state index contributed by atoms with van der Waals surface area (Å²) in [4.78, 5) is 20.2. The summed E-state index contributed by atoms with van der Waals surface area (Å²) in [6.07, 6.45) is 0. The van der Waals surface area contributed by atoms with E-state index in [0.717, 1.165) is 38.3 Å². The Kier molecular flexibility index (Phi) is 8.04. The van der Waals surface area contributed by atoms with Gasteiger partial charge in [0.1, 0.15) is 5.01 Å². The predicted octanol–water partition coefficient (Wildman–Crippen LogP) is 15.2. The van der Waals surface area contributed by atoms with Crippen molar-refractivity contribution in [3.63, 3.8) is 0 Å². The molecule has 0 aliphatic rings. The average molecular weight is 807 g/mol. The van der Waals surface area contributed by atoms with E-state index in [2.05, 4.69) is 164 Å². The average Bonchev–Trinajstić information content (AvgIpc) is 4.02. The number of fused-ring (bicyclic) bond motifs is 7. The molecule has 0 fully saturated rings. The monoisotopic (exact) mass is 806 g/mol. The highest BCUT2D eigenvalue weighted by atomic mass is 32.1. The summed E-state index contributed by atoms with van der Waals surface area (Å²) in [7, 11) is 0. The first-order chi connectivity index (χ1) is 29.2. The molecule has 4 aromatic heterocycles. The summed E-state index contributed by atoms with van der Waals surface area (Å²) in [6, 6.07) is 64.5. The number of aromatic nitrogens is 4. The molecule has 0 spiro atoms. The minimum Gasteiger partial charge on any atom is -0.236 e. The zero-order chi connectivity index (χ0) is 38.9. The van der Waals surface area contributed by atoms with Crippen molar-refractivity contribution in [3.05, 3.63) is 182 Å². The molecule has 0 amide bonds. The summed E-state index contributed by atoms with van der Waals surface area (Å²) in [5.74, 6) is 1.97. The van der Waals surface area contributed by atoms with Crippen LogP contribution in [0.15, 0.2) is 182 Å². The summed E-state index contributed by atoms with van der Waals surface area (Å²) in [5.41, 5.74) is 9.84. The van der Waals surface area contributed by atoms with E-state index in [-0.39, 0.29) is 0 Å². The molecule has 0 N–H and O–H groups in total. The molecule has 0 atom stereocenters. The van der Waals surface area contributed by atoms with Crippen LogP contribution in [0.2, 0.25) is 0 Å². The Morgan fingerprint density at radius 3 is 1.69 bits per heavy atom. The van der Waals surface area contributed by atoms with E-state index in [4.69, 9.17) is 19.9 Å². The second kappa shape index (κ2) is 13.9. The number of thiazole rings is 1. The molecule has 7 heteroatoms. The Balaban J connectivity index is 0.900. The van der Waals surface area contributed by atoms with Gasteiger partial charge >= 0.3 is 0 Å². The van der Waals surface area contributed by atoms with Crippen LogP contribution in [-0.2, 0) is 0 Å². The van der Waals surface area contributed by atoms with Gasteiger partial charge in [0, 0.05) is 62.6 Å². The van der Waals surface area contributed by atoms with Crippen molar-refractivity contribution >= 4 is 84.6 Å². The maximum atomic E-state index is 5.09. The third-order valence-electron chi connectivity index (χ3n) is 11.0. The Bertz CT molecular complexity index is 3550. The van der Waals surface area contributed by atoms with Gasteiger partial charge in [0.2, 0.25) is 0 Å². The lowest BCUT2D eigenvalue weighted by Crippen LogP contribution is -2.00. The van der Waals surface area contributed by atoms with Crippen molar-refractivity contribution in [2.75, 3.05) is 0 Å². The SMILES string of the molecule is c1ccc(-c2ccc3nc(-c4ccc5sc6c(-c7ccc(-c8nc(-c9ccccc9)nc(-c9ccc%10c(c9)sc9ccccc9%10)n8)cc7)cccc6c5c4)sc3c2)cc1. The van der Waals surface area contributed by atoms with Gasteiger partial charge in [0.15, 0.2) is 17.5 Å². The van der Waals surface area contributed by atoms with E-state index in [1.165, 1.54) is 61.7 Å². The predicted molar refractivity (Wildman–Crippen MR) is 251 cm³/mol. The maximum Gasteiger partial charge on any atom is 0.164 e. The standard InChI is InChI=1S/C52H30N4S3/c1-3-10-31(11-4-1)35-23-26-43-47(29-35)59-52(53-43)37-24-27-45-42(28-37)41-16-9-15-38(48(41)58-45)32-18-20-34(21-19-32)50-54-49(33-12-5-2-6-13-33)55-51(56-50)36-22-25-40-39-14-7-8-17-44(39)57-46(40)30-36/h1-30H. The number of hydrogen-bond acceptors (Lipinski definition) is 7. The van der Waals surface area contributed by atoms with Crippen molar-refractivity contribution in [2.45, 2.75) is 0 Å². The minimum absolute atomic E-state index is 0.649. The summed E-state index contributed by atoms with van der Waals surface area (Å²) < 4.78 is 6.23. The summed E-state index contributed by atoms with van der Waals surface area (Å²) in [6.45, 7) is 0. The van der Waals surface area contributed by atoms with Crippen LogP contribution in [0.25, 0.3) is 118 Å². The highest BCUT2D eigenvalue weighted by Crippen LogP contribution is 2.43. The number of nitrogens with zero attached hydrogens (tertiary/aromatic N) is 4. The van der Waals surface area contributed by atoms with Gasteiger partial charge in [-0.15, -0.1) is 34.0 Å². The third-order valence-corrected chi connectivity index (χ3v) is 14.4. The van der Waals surface area contributed by atoms with Crippen LogP contribution in [0.5, 0.6) is 0 Å². The minimum atomic E-state index is 0.649. The van der Waals surface area contributed by atoms with Crippen molar-refractivity contribution in [1.82, 2.24) is 19.9 Å². The van der Waals surface area contributed by atoms with Crippen molar-refractivity contribution < 1.29 is 0 Å². The third kappa shape index (κ3) is 6.02. The smallest absolute Gasteiger partial charge is 0.164 e. The lowest BCUT2D eigenvalue weighted by Gasteiger charge is -2.09. The van der Waals surface area contributed by atoms with Gasteiger partial charge in [0.05, 0.1) is 10.2 Å². The molecular weight excluding hydrogens is 777 g/mol. The molecule has 0 unspecified atom stereocenters. The topological polar surface area (TPSA) is 51.6 Å². The van der Waals surface area contributed by atoms with Gasteiger partial charge < -0.3 is 0 Å². The number of rotatable bonds is 6. The van der Waals surface area contributed by atoms with Gasteiger partial charge in [-0.05, 0) is 58.7 Å². The molecule has 0 aliphatic carbocycles. The van der Waals surface area contributed by atoms with Crippen LogP contribution in [0.4, 0.5) is 0 Å². The largest absolute Gasteiger partial charge is 0.236 e. The van der Waals surface area contributed by atoms with E-state index < -0.39 is 0 Å². The molecule has 8 aromatic carbocycles. The number of thiophene rings is 2. The quantitative estimate of drug-likeness (QED) is 0.168. The molecule has 59 heavy (non-hydrogen) atoms. The van der Waals surface area contributed by atoms with E-state index >= 15 is 0 Å². The molecule has 12 rings (SSSR count). The first-order valence-electron chi connectivity index (χ1n) is 19.4. The van der Waals surface area contributed by atoms with E-state index in [1.807, 2.05) is 29.5 Å². The first-order valence-corrected chi connectivity index (χ1v) is 21.9. The second-order valence-corrected chi connectivity index (χ2v) is 17.8. The lowest BCUT2D eigenvalue weighted by molar-refractivity contribution is 1.07. The first kappa shape index (κ1) is 34.2. The Hall–Kier alpha value is -6.90. The van der Waals surface area contributed by atoms with Crippen molar-refractivity contribution in [3.8, 4) is 67.0 Å². The highest BCUT2D eigenvalue weighted by Gasteiger charge is 2.17. The molecule has 0 aliphatic heterocycles. The van der Waals surface area contributed by atoms with Gasteiger partial charge in [-0.2, -0.15) is 0 Å². The second-order valence-electron chi connectivity index (χ2n) is 14.6. The molecule has 0 saturated carbocycles. The molecule has 0 saturated heterocycles. The van der Waals surface area contributed by atoms with E-state index in [1.54, 1.807) is 22.7 Å². The molecule has 12 aromatic rings. The van der Waals surface area contributed by atoms with Gasteiger partial charge in [-0.1, -0.05) is 146 Å².